The van der Waals surface area contributed by atoms with Crippen LogP contribution in [0.3, 0.4) is 0 Å². The van der Waals surface area contributed by atoms with Crippen LogP contribution in [0.15, 0.2) is 77.6 Å². The van der Waals surface area contributed by atoms with Crippen LogP contribution in [-0.2, 0) is 21.4 Å². The third-order valence-electron chi connectivity index (χ3n) is 11.2. The van der Waals surface area contributed by atoms with Crippen molar-refractivity contribution in [1.29, 1.82) is 0 Å². The van der Waals surface area contributed by atoms with E-state index < -0.39 is 0 Å². The van der Waals surface area contributed by atoms with Gasteiger partial charge in [-0.1, -0.05) is 62.3 Å². The van der Waals surface area contributed by atoms with E-state index in [0.29, 0.717) is 24.4 Å². The lowest BCUT2D eigenvalue weighted by atomic mass is 9.90. The maximum Gasteiger partial charge on any atom is 0.293 e. The van der Waals surface area contributed by atoms with Crippen molar-refractivity contribution < 1.29 is 18.9 Å². The highest BCUT2D eigenvalue weighted by molar-refractivity contribution is 6.01. The predicted octanol–water partition coefficient (Wildman–Crippen LogP) is 6.05. The highest BCUT2D eigenvalue weighted by Gasteiger charge is 2.28. The Hall–Kier alpha value is -6.28. The molecule has 58 heavy (non-hydrogen) atoms. The van der Waals surface area contributed by atoms with Crippen LogP contribution >= 0.6 is 0 Å². The van der Waals surface area contributed by atoms with Gasteiger partial charge in [-0.05, 0) is 73.2 Å². The van der Waals surface area contributed by atoms with Crippen LogP contribution < -0.4 is 15.5 Å². The van der Waals surface area contributed by atoms with Gasteiger partial charge in [-0.15, -0.1) is 0 Å². The SMILES string of the molecule is Cc1cc(-c2[nH]nc3ncc(-c4ccc(N5CCN(CCc6ccc([C@H]7CCC(=O)NC7=O)cc6)CC5)cn4)cc23)ccc1C(C)NC(=O)c1noc(C(C)(C)C)n1. The smallest absolute Gasteiger partial charge is 0.293 e. The van der Waals surface area contributed by atoms with Crippen LogP contribution in [0.5, 0.6) is 0 Å². The average molecular weight is 781 g/mol. The fourth-order valence-electron chi connectivity index (χ4n) is 7.73. The Morgan fingerprint density at radius 3 is 2.45 bits per heavy atom. The number of amides is 3. The molecule has 0 bridgehead atoms. The van der Waals surface area contributed by atoms with E-state index in [-0.39, 0.29) is 40.9 Å². The van der Waals surface area contributed by atoms with E-state index in [1.165, 1.54) is 5.56 Å². The molecule has 0 radical (unpaired) electrons. The summed E-state index contributed by atoms with van der Waals surface area (Å²) >= 11 is 0. The maximum atomic E-state index is 12.9. The first-order chi connectivity index (χ1) is 27.9. The molecule has 14 heteroatoms. The van der Waals surface area contributed by atoms with E-state index in [1.807, 2.05) is 71.3 Å². The highest BCUT2D eigenvalue weighted by Crippen LogP contribution is 2.32. The zero-order valence-electron chi connectivity index (χ0n) is 33.5. The molecule has 2 aliphatic heterocycles. The number of fused-ring (bicyclic) bond motifs is 1. The van der Waals surface area contributed by atoms with Crippen LogP contribution in [0.1, 0.15) is 91.3 Å². The van der Waals surface area contributed by atoms with Crippen LogP contribution in [0.2, 0.25) is 0 Å². The Kier molecular flexibility index (Phi) is 10.6. The molecule has 14 nitrogen and oxygen atoms in total. The lowest BCUT2D eigenvalue weighted by Gasteiger charge is -2.36. The summed E-state index contributed by atoms with van der Waals surface area (Å²) in [6.07, 6.45) is 5.65. The summed E-state index contributed by atoms with van der Waals surface area (Å²) in [4.78, 5) is 55.3. The summed E-state index contributed by atoms with van der Waals surface area (Å²) in [5.41, 5.74) is 9.11. The molecule has 0 spiro atoms. The van der Waals surface area contributed by atoms with E-state index in [0.717, 1.165) is 89.4 Å². The molecule has 8 rings (SSSR count). The van der Waals surface area contributed by atoms with Crippen molar-refractivity contribution in [1.82, 2.24) is 45.8 Å². The number of carbonyl (C=O) groups is 3. The fraction of sp³-hybridized carbons (Fsp3) is 0.364. The Bertz CT molecular complexity index is 2460. The zero-order valence-corrected chi connectivity index (χ0v) is 33.5. The summed E-state index contributed by atoms with van der Waals surface area (Å²) in [6, 6.07) is 20.4. The molecule has 0 aliphatic carbocycles. The summed E-state index contributed by atoms with van der Waals surface area (Å²) in [7, 11) is 0. The normalized spacial score (nSPS) is 17.1. The molecular formula is C44H48N10O4. The number of hydrogen-bond acceptors (Lipinski definition) is 11. The topological polar surface area (TPSA) is 175 Å². The summed E-state index contributed by atoms with van der Waals surface area (Å²) < 4.78 is 5.30. The van der Waals surface area contributed by atoms with Crippen molar-refractivity contribution in [2.75, 3.05) is 37.6 Å². The highest BCUT2D eigenvalue weighted by atomic mass is 16.5. The zero-order chi connectivity index (χ0) is 40.6. The number of aromatic nitrogens is 6. The second-order valence-corrected chi connectivity index (χ2v) is 16.4. The summed E-state index contributed by atoms with van der Waals surface area (Å²) in [5.74, 6) is -0.593. The number of hydrogen-bond donors (Lipinski definition) is 3. The summed E-state index contributed by atoms with van der Waals surface area (Å²) in [6.45, 7) is 14.5. The Labute approximate surface area is 336 Å². The van der Waals surface area contributed by atoms with Crippen LogP contribution in [0, 0.1) is 6.92 Å². The van der Waals surface area contributed by atoms with Crippen molar-refractivity contribution in [3.05, 3.63) is 107 Å². The van der Waals surface area contributed by atoms with E-state index in [1.54, 1.807) is 0 Å². The molecule has 298 valence electrons. The number of imide groups is 1. The third-order valence-corrected chi connectivity index (χ3v) is 11.2. The van der Waals surface area contributed by atoms with Crippen LogP contribution in [-0.4, -0.2) is 85.7 Å². The molecule has 2 aromatic carbocycles. The van der Waals surface area contributed by atoms with Gasteiger partial charge >= 0.3 is 0 Å². The predicted molar refractivity (Wildman–Crippen MR) is 220 cm³/mol. The number of piperidine rings is 1. The third kappa shape index (κ3) is 8.23. The van der Waals surface area contributed by atoms with Gasteiger partial charge in [0.25, 0.3) is 11.7 Å². The number of nitrogens with one attached hydrogen (secondary N) is 3. The molecule has 4 aromatic heterocycles. The van der Waals surface area contributed by atoms with Gasteiger partial charge < -0.3 is 14.7 Å². The largest absolute Gasteiger partial charge is 0.368 e. The van der Waals surface area contributed by atoms with E-state index in [2.05, 4.69) is 82.2 Å². The second-order valence-electron chi connectivity index (χ2n) is 16.4. The van der Waals surface area contributed by atoms with E-state index in [9.17, 15) is 14.4 Å². The molecule has 6 aromatic rings. The van der Waals surface area contributed by atoms with Gasteiger partial charge in [0.15, 0.2) is 5.65 Å². The van der Waals surface area contributed by atoms with Gasteiger partial charge in [0.2, 0.25) is 17.7 Å². The number of pyridine rings is 2. The minimum atomic E-state index is -0.390. The Balaban J connectivity index is 0.865. The standard InChI is InChI=1S/C44H48N10O4/c1-26-22-30(10-12-33(26)27(2)47-42(57)40-49-43(58-52-40)44(3,4)5)38-35-23-31(24-46-39(35)51-50-38)36-14-11-32(25-45-36)54-20-18-53(19-21-54)17-16-28-6-8-29(9-7-28)34-13-15-37(55)48-41(34)56/h6-12,14,22-25,27,34H,13,15-21H2,1-5H3,(H,47,57)(H,46,50,51)(H,48,55,56)/t27?,34-/m1/s1. The first kappa shape index (κ1) is 38.6. The van der Waals surface area contributed by atoms with Crippen molar-refractivity contribution in [2.45, 2.75) is 71.3 Å². The first-order valence-electron chi connectivity index (χ1n) is 19.9. The van der Waals surface area contributed by atoms with Crippen LogP contribution in [0.25, 0.3) is 33.5 Å². The number of H-pyrrole nitrogens is 1. The molecule has 2 fully saturated rings. The van der Waals surface area contributed by atoms with Gasteiger partial charge in [0, 0.05) is 67.3 Å². The number of carbonyl (C=O) groups excluding carboxylic acids is 3. The molecule has 6 heterocycles. The van der Waals surface area contributed by atoms with E-state index >= 15 is 0 Å². The van der Waals surface area contributed by atoms with Gasteiger partial charge in [-0.2, -0.15) is 10.1 Å². The summed E-state index contributed by atoms with van der Waals surface area (Å²) in [5, 5.41) is 17.9. The van der Waals surface area contributed by atoms with Gasteiger partial charge in [-0.3, -0.25) is 34.7 Å². The van der Waals surface area contributed by atoms with E-state index in [4.69, 9.17) is 9.51 Å². The molecule has 2 saturated heterocycles. The Morgan fingerprint density at radius 2 is 1.76 bits per heavy atom. The number of benzene rings is 2. The average Bonchev–Trinajstić information content (AvgIpc) is 3.89. The quantitative estimate of drug-likeness (QED) is 0.138. The molecule has 3 N–H and O–H groups in total. The first-order valence-corrected chi connectivity index (χ1v) is 19.9. The molecule has 2 atom stereocenters. The molecule has 0 saturated carbocycles. The number of anilines is 1. The lowest BCUT2D eigenvalue weighted by Crippen LogP contribution is -2.47. The van der Waals surface area contributed by atoms with Gasteiger partial charge in [-0.25, -0.2) is 4.98 Å². The number of aryl methyl sites for hydroxylation is 1. The van der Waals surface area contributed by atoms with Crippen molar-refractivity contribution in [3.63, 3.8) is 0 Å². The maximum absolute atomic E-state index is 12.9. The van der Waals surface area contributed by atoms with Crippen molar-refractivity contribution in [3.8, 4) is 22.5 Å². The molecule has 1 unspecified atom stereocenters. The van der Waals surface area contributed by atoms with Crippen molar-refractivity contribution >= 4 is 34.4 Å². The minimum Gasteiger partial charge on any atom is -0.368 e. The molecule has 3 amide bonds. The number of nitrogens with zero attached hydrogens (tertiary/aromatic N) is 7. The van der Waals surface area contributed by atoms with Crippen molar-refractivity contribution in [2.24, 2.45) is 0 Å². The number of rotatable bonds is 10. The molecule has 2 aliphatic rings. The minimum absolute atomic E-state index is 0.0166. The second kappa shape index (κ2) is 15.9. The monoisotopic (exact) mass is 780 g/mol. The van der Waals surface area contributed by atoms with Gasteiger partial charge in [0.1, 0.15) is 0 Å². The van der Waals surface area contributed by atoms with Gasteiger partial charge in [0.05, 0.1) is 35.2 Å². The fourth-order valence-corrected chi connectivity index (χ4v) is 7.73. The lowest BCUT2D eigenvalue weighted by molar-refractivity contribution is -0.134. The number of piperazine rings is 1. The number of aromatic amines is 1. The Morgan fingerprint density at radius 1 is 0.966 bits per heavy atom. The van der Waals surface area contributed by atoms with Crippen LogP contribution in [0.4, 0.5) is 5.69 Å². The molecular weight excluding hydrogens is 733 g/mol.